The van der Waals surface area contributed by atoms with Gasteiger partial charge in [0.05, 0.1) is 0 Å². The van der Waals surface area contributed by atoms with Crippen molar-refractivity contribution in [3.63, 3.8) is 0 Å². The van der Waals surface area contributed by atoms with E-state index in [-0.39, 0.29) is 6.04 Å². The SMILES string of the molecule is CSCCC(C)NC(N)=O. The van der Waals surface area contributed by atoms with Crippen LogP contribution in [0.4, 0.5) is 4.79 Å². The summed E-state index contributed by atoms with van der Waals surface area (Å²) in [4.78, 5) is 10.3. The van der Waals surface area contributed by atoms with Crippen LogP contribution in [0.25, 0.3) is 0 Å². The Bertz CT molecular complexity index is 108. The largest absolute Gasteiger partial charge is 0.352 e. The van der Waals surface area contributed by atoms with E-state index in [1.165, 1.54) is 0 Å². The van der Waals surface area contributed by atoms with Gasteiger partial charge in [0.2, 0.25) is 0 Å². The van der Waals surface area contributed by atoms with E-state index in [4.69, 9.17) is 5.73 Å². The lowest BCUT2D eigenvalue weighted by atomic mass is 10.3. The molecule has 0 aromatic rings. The third kappa shape index (κ3) is 5.75. The van der Waals surface area contributed by atoms with Gasteiger partial charge in [0, 0.05) is 6.04 Å². The molecule has 0 bridgehead atoms. The molecule has 0 radical (unpaired) electrons. The Labute approximate surface area is 65.7 Å². The maximum atomic E-state index is 10.3. The summed E-state index contributed by atoms with van der Waals surface area (Å²) >= 11 is 1.76. The number of carbonyl (C=O) groups excluding carboxylic acids is 1. The predicted octanol–water partition coefficient (Wildman–Crippen LogP) is 0.796. The number of carbonyl (C=O) groups is 1. The first-order chi connectivity index (χ1) is 4.66. The second-order valence-corrected chi connectivity index (χ2v) is 3.18. The van der Waals surface area contributed by atoms with Gasteiger partial charge in [-0.2, -0.15) is 11.8 Å². The molecule has 0 heterocycles. The molecule has 0 aliphatic rings. The lowest BCUT2D eigenvalue weighted by Crippen LogP contribution is -2.36. The van der Waals surface area contributed by atoms with E-state index in [0.29, 0.717) is 0 Å². The number of rotatable bonds is 4. The van der Waals surface area contributed by atoms with Crippen LogP contribution in [0.1, 0.15) is 13.3 Å². The van der Waals surface area contributed by atoms with Crippen LogP contribution in [0.15, 0.2) is 0 Å². The third-order valence-corrected chi connectivity index (χ3v) is 1.79. The fourth-order valence-corrected chi connectivity index (χ4v) is 1.20. The molecule has 4 heteroatoms. The second kappa shape index (κ2) is 5.41. The third-order valence-electron chi connectivity index (χ3n) is 1.14. The molecule has 0 fully saturated rings. The minimum atomic E-state index is -0.436. The van der Waals surface area contributed by atoms with Gasteiger partial charge in [0.25, 0.3) is 0 Å². The van der Waals surface area contributed by atoms with Gasteiger partial charge in [0.15, 0.2) is 0 Å². The monoisotopic (exact) mass is 162 g/mol. The Morgan fingerprint density at radius 3 is 2.80 bits per heavy atom. The molecule has 60 valence electrons. The van der Waals surface area contributed by atoms with E-state index in [2.05, 4.69) is 5.32 Å². The van der Waals surface area contributed by atoms with Gasteiger partial charge in [-0.1, -0.05) is 0 Å². The van der Waals surface area contributed by atoms with E-state index in [1.54, 1.807) is 11.8 Å². The van der Waals surface area contributed by atoms with Gasteiger partial charge in [-0.25, -0.2) is 4.79 Å². The average molecular weight is 162 g/mol. The van der Waals surface area contributed by atoms with Crippen LogP contribution in [0.5, 0.6) is 0 Å². The maximum Gasteiger partial charge on any atom is 0.312 e. The van der Waals surface area contributed by atoms with E-state index < -0.39 is 6.03 Å². The number of primary amides is 1. The predicted molar refractivity (Wildman–Crippen MR) is 45.2 cm³/mol. The van der Waals surface area contributed by atoms with Crippen molar-refractivity contribution in [1.82, 2.24) is 5.32 Å². The molecule has 0 spiro atoms. The highest BCUT2D eigenvalue weighted by atomic mass is 32.2. The summed E-state index contributed by atoms with van der Waals surface area (Å²) in [7, 11) is 0. The topological polar surface area (TPSA) is 55.1 Å². The van der Waals surface area contributed by atoms with Crippen LogP contribution >= 0.6 is 11.8 Å². The number of urea groups is 1. The van der Waals surface area contributed by atoms with Crippen LogP contribution in [0.3, 0.4) is 0 Å². The molecule has 0 rings (SSSR count). The molecular formula is C6H14N2OS. The van der Waals surface area contributed by atoms with Crippen LogP contribution < -0.4 is 11.1 Å². The lowest BCUT2D eigenvalue weighted by Gasteiger charge is -2.09. The maximum absolute atomic E-state index is 10.3. The summed E-state index contributed by atoms with van der Waals surface area (Å²) in [5.41, 5.74) is 4.91. The van der Waals surface area contributed by atoms with Crippen molar-refractivity contribution in [2.75, 3.05) is 12.0 Å². The summed E-state index contributed by atoms with van der Waals surface area (Å²) in [6.07, 6.45) is 3.01. The van der Waals surface area contributed by atoms with Crippen molar-refractivity contribution in [3.8, 4) is 0 Å². The molecule has 1 unspecified atom stereocenters. The highest BCUT2D eigenvalue weighted by Crippen LogP contribution is 1.98. The Kier molecular flexibility index (Phi) is 5.20. The molecule has 0 aromatic carbocycles. The fourth-order valence-electron chi connectivity index (χ4n) is 0.610. The zero-order chi connectivity index (χ0) is 7.98. The summed E-state index contributed by atoms with van der Waals surface area (Å²) in [5, 5.41) is 2.60. The number of amides is 2. The van der Waals surface area contributed by atoms with Gasteiger partial charge in [0.1, 0.15) is 0 Å². The van der Waals surface area contributed by atoms with Gasteiger partial charge in [-0.05, 0) is 25.4 Å². The molecule has 0 saturated heterocycles. The van der Waals surface area contributed by atoms with Crippen LogP contribution in [0, 0.1) is 0 Å². The fraction of sp³-hybridized carbons (Fsp3) is 0.833. The highest BCUT2D eigenvalue weighted by Gasteiger charge is 2.01. The lowest BCUT2D eigenvalue weighted by molar-refractivity contribution is 0.246. The normalized spacial score (nSPS) is 12.6. The number of nitrogens with two attached hydrogens (primary N) is 1. The average Bonchev–Trinajstić information content (AvgIpc) is 1.82. The molecule has 3 N–H and O–H groups in total. The Hall–Kier alpha value is -0.380. The smallest absolute Gasteiger partial charge is 0.312 e. The summed E-state index contributed by atoms with van der Waals surface area (Å²) in [6, 6.07) is -0.237. The molecule has 0 saturated carbocycles. The van der Waals surface area contributed by atoms with Crippen molar-refractivity contribution in [1.29, 1.82) is 0 Å². The van der Waals surface area contributed by atoms with Crippen molar-refractivity contribution in [2.24, 2.45) is 5.73 Å². The van der Waals surface area contributed by atoms with E-state index in [9.17, 15) is 4.79 Å². The van der Waals surface area contributed by atoms with Gasteiger partial charge >= 0.3 is 6.03 Å². The van der Waals surface area contributed by atoms with E-state index >= 15 is 0 Å². The molecular weight excluding hydrogens is 148 g/mol. The summed E-state index contributed by atoms with van der Waals surface area (Å²) < 4.78 is 0. The van der Waals surface area contributed by atoms with Gasteiger partial charge in [-0.3, -0.25) is 0 Å². The Balaban J connectivity index is 3.25. The van der Waals surface area contributed by atoms with Gasteiger partial charge in [-0.15, -0.1) is 0 Å². The van der Waals surface area contributed by atoms with Crippen molar-refractivity contribution < 1.29 is 4.79 Å². The first-order valence-corrected chi connectivity index (χ1v) is 4.61. The van der Waals surface area contributed by atoms with Crippen molar-refractivity contribution in [2.45, 2.75) is 19.4 Å². The van der Waals surface area contributed by atoms with Crippen LogP contribution in [-0.4, -0.2) is 24.1 Å². The first kappa shape index (κ1) is 9.62. The first-order valence-electron chi connectivity index (χ1n) is 3.21. The number of nitrogens with one attached hydrogen (secondary N) is 1. The van der Waals surface area contributed by atoms with Crippen molar-refractivity contribution in [3.05, 3.63) is 0 Å². The van der Waals surface area contributed by atoms with E-state index in [0.717, 1.165) is 12.2 Å². The van der Waals surface area contributed by atoms with E-state index in [1.807, 2.05) is 13.2 Å². The molecule has 0 aliphatic carbocycles. The quantitative estimate of drug-likeness (QED) is 0.642. The number of hydrogen-bond donors (Lipinski definition) is 2. The minimum Gasteiger partial charge on any atom is -0.352 e. The molecule has 0 aliphatic heterocycles. The Morgan fingerprint density at radius 2 is 2.40 bits per heavy atom. The van der Waals surface area contributed by atoms with Crippen LogP contribution in [0.2, 0.25) is 0 Å². The summed E-state index contributed by atoms with van der Waals surface area (Å²) in [5.74, 6) is 1.06. The standard InChI is InChI=1S/C6H14N2OS/c1-5(3-4-10-2)8-6(7)9/h5H,3-4H2,1-2H3,(H3,7,8,9). The molecule has 1 atom stereocenters. The summed E-state index contributed by atoms with van der Waals surface area (Å²) in [6.45, 7) is 1.95. The van der Waals surface area contributed by atoms with Crippen LogP contribution in [-0.2, 0) is 0 Å². The molecule has 0 aromatic heterocycles. The molecule has 2 amide bonds. The number of thioether (sulfide) groups is 1. The molecule has 10 heavy (non-hydrogen) atoms. The van der Waals surface area contributed by atoms with Gasteiger partial charge < -0.3 is 11.1 Å². The highest BCUT2D eigenvalue weighted by molar-refractivity contribution is 7.98. The second-order valence-electron chi connectivity index (χ2n) is 2.19. The van der Waals surface area contributed by atoms with Crippen molar-refractivity contribution >= 4 is 17.8 Å². The molecule has 3 nitrogen and oxygen atoms in total. The minimum absolute atomic E-state index is 0.199. The number of hydrogen-bond acceptors (Lipinski definition) is 2. The zero-order valence-corrected chi connectivity index (χ0v) is 7.20. The zero-order valence-electron chi connectivity index (χ0n) is 6.39. The Morgan fingerprint density at radius 1 is 1.80 bits per heavy atom.